The van der Waals surface area contributed by atoms with Gasteiger partial charge in [0.2, 0.25) is 5.78 Å². The number of hydrogen-bond acceptors (Lipinski definition) is 5. The van der Waals surface area contributed by atoms with Crippen LogP contribution in [0.15, 0.2) is 10.5 Å². The lowest BCUT2D eigenvalue weighted by molar-refractivity contribution is -0.143. The van der Waals surface area contributed by atoms with Crippen molar-refractivity contribution in [3.05, 3.63) is 23.2 Å². The minimum atomic E-state index is -0.471. The molecular weight excluding hydrogens is 258 g/mol. The van der Waals surface area contributed by atoms with E-state index in [1.54, 1.807) is 6.07 Å². The first-order valence-electron chi connectivity index (χ1n) is 6.76. The Morgan fingerprint density at radius 2 is 2.00 bits per heavy atom. The minimum Gasteiger partial charge on any atom is -0.468 e. The zero-order valence-electron chi connectivity index (χ0n) is 12.8. The number of Topliss-reactive ketones (excluding diaryl/α,β-unsaturated/α-hetero) is 1. The molecule has 1 atom stereocenters. The van der Waals surface area contributed by atoms with E-state index in [2.05, 4.69) is 5.32 Å². The van der Waals surface area contributed by atoms with Gasteiger partial charge in [-0.05, 0) is 37.8 Å². The van der Waals surface area contributed by atoms with Gasteiger partial charge in [-0.1, -0.05) is 13.8 Å². The molecule has 5 nitrogen and oxygen atoms in total. The zero-order chi connectivity index (χ0) is 15.3. The molecule has 5 heteroatoms. The van der Waals surface area contributed by atoms with Crippen LogP contribution in [-0.2, 0) is 9.53 Å². The molecule has 1 N–H and O–H groups in total. The van der Waals surface area contributed by atoms with Gasteiger partial charge in [-0.2, -0.15) is 0 Å². The molecule has 0 aromatic carbocycles. The molecule has 1 rings (SSSR count). The van der Waals surface area contributed by atoms with Crippen molar-refractivity contribution in [1.82, 2.24) is 5.32 Å². The van der Waals surface area contributed by atoms with Gasteiger partial charge in [0, 0.05) is 0 Å². The number of carbonyl (C=O) groups is 2. The van der Waals surface area contributed by atoms with Gasteiger partial charge in [0.05, 0.1) is 13.7 Å². The van der Waals surface area contributed by atoms with E-state index in [-0.39, 0.29) is 18.3 Å². The average Bonchev–Trinajstić information content (AvgIpc) is 2.73. The highest BCUT2D eigenvalue weighted by Crippen LogP contribution is 2.13. The van der Waals surface area contributed by atoms with Crippen LogP contribution in [-0.4, -0.2) is 31.4 Å². The molecule has 112 valence electrons. The van der Waals surface area contributed by atoms with Crippen molar-refractivity contribution in [2.24, 2.45) is 5.92 Å². The average molecular weight is 281 g/mol. The second kappa shape index (κ2) is 7.24. The van der Waals surface area contributed by atoms with E-state index in [4.69, 9.17) is 9.15 Å². The lowest BCUT2D eigenvalue weighted by Gasteiger charge is -2.17. The maximum Gasteiger partial charge on any atom is 0.322 e. The Hall–Kier alpha value is -1.62. The van der Waals surface area contributed by atoms with Gasteiger partial charge in [0.15, 0.2) is 5.76 Å². The predicted molar refractivity (Wildman–Crippen MR) is 75.8 cm³/mol. The van der Waals surface area contributed by atoms with Crippen molar-refractivity contribution < 1.29 is 18.7 Å². The van der Waals surface area contributed by atoms with Crippen LogP contribution < -0.4 is 5.32 Å². The summed E-state index contributed by atoms with van der Waals surface area (Å²) in [7, 11) is 1.35. The maximum absolute atomic E-state index is 12.0. The number of esters is 1. The third-order valence-electron chi connectivity index (χ3n) is 3.14. The third-order valence-corrected chi connectivity index (χ3v) is 3.14. The number of furan rings is 1. The summed E-state index contributed by atoms with van der Waals surface area (Å²) in [6, 6.07) is 1.25. The number of nitrogens with one attached hydrogen (secondary N) is 1. The van der Waals surface area contributed by atoms with Gasteiger partial charge in [-0.25, -0.2) is 0 Å². The summed E-state index contributed by atoms with van der Waals surface area (Å²) in [6.07, 6.45) is 0.621. The van der Waals surface area contributed by atoms with Gasteiger partial charge >= 0.3 is 5.97 Å². The Morgan fingerprint density at radius 1 is 1.35 bits per heavy atom. The van der Waals surface area contributed by atoms with Crippen molar-refractivity contribution in [1.29, 1.82) is 0 Å². The molecule has 0 bridgehead atoms. The molecule has 0 aliphatic carbocycles. The fourth-order valence-electron chi connectivity index (χ4n) is 1.89. The Morgan fingerprint density at radius 3 is 2.45 bits per heavy atom. The molecule has 0 aliphatic heterocycles. The molecule has 0 fully saturated rings. The van der Waals surface area contributed by atoms with Crippen molar-refractivity contribution in [3.63, 3.8) is 0 Å². The maximum atomic E-state index is 12.0. The second-order valence-electron chi connectivity index (χ2n) is 5.36. The molecule has 0 aliphatic rings. The van der Waals surface area contributed by atoms with Gasteiger partial charge in [0.25, 0.3) is 0 Å². The summed E-state index contributed by atoms with van der Waals surface area (Å²) >= 11 is 0. The van der Waals surface area contributed by atoms with Crippen LogP contribution in [0.2, 0.25) is 0 Å². The van der Waals surface area contributed by atoms with Crippen LogP contribution in [0.25, 0.3) is 0 Å². The fourth-order valence-corrected chi connectivity index (χ4v) is 1.89. The number of carbonyl (C=O) groups excluding carboxylic acids is 2. The number of ketones is 1. The Balaban J connectivity index is 2.62. The highest BCUT2D eigenvalue weighted by atomic mass is 16.5. The molecule has 0 saturated carbocycles. The first-order chi connectivity index (χ1) is 9.35. The monoisotopic (exact) mass is 281 g/mol. The summed E-state index contributed by atoms with van der Waals surface area (Å²) in [6.45, 7) is 7.78. The van der Waals surface area contributed by atoms with Crippen molar-refractivity contribution >= 4 is 11.8 Å². The van der Waals surface area contributed by atoms with E-state index in [1.807, 2.05) is 27.7 Å². The zero-order valence-corrected chi connectivity index (χ0v) is 12.8. The molecular formula is C15H23NO4. The molecule has 1 aromatic heterocycles. The lowest BCUT2D eigenvalue weighted by atomic mass is 10.0. The molecule has 0 amide bonds. The standard InChI is InChI=1S/C15H23NO4/c1-9(2)6-12(15(18)19-5)16-8-13(17)14-7-10(3)11(4)20-14/h7,9,12,16H,6,8H2,1-5H3/t12-/m1/s1. The summed E-state index contributed by atoms with van der Waals surface area (Å²) in [4.78, 5) is 23.6. The molecule has 20 heavy (non-hydrogen) atoms. The van der Waals surface area contributed by atoms with E-state index >= 15 is 0 Å². The number of rotatable bonds is 7. The van der Waals surface area contributed by atoms with Gasteiger partial charge in [-0.3, -0.25) is 14.9 Å². The van der Waals surface area contributed by atoms with Crippen LogP contribution in [0.1, 0.15) is 42.1 Å². The largest absolute Gasteiger partial charge is 0.468 e. The van der Waals surface area contributed by atoms with Gasteiger partial charge in [0.1, 0.15) is 11.8 Å². The van der Waals surface area contributed by atoms with E-state index in [0.717, 1.165) is 11.3 Å². The van der Waals surface area contributed by atoms with Crippen LogP contribution in [0, 0.1) is 19.8 Å². The first kappa shape index (κ1) is 16.4. The van der Waals surface area contributed by atoms with Crippen molar-refractivity contribution in [2.75, 3.05) is 13.7 Å². The summed E-state index contributed by atoms with van der Waals surface area (Å²) < 4.78 is 10.1. The van der Waals surface area contributed by atoms with Gasteiger partial charge in [-0.15, -0.1) is 0 Å². The molecule has 0 spiro atoms. The topological polar surface area (TPSA) is 68.5 Å². The molecule has 1 aromatic rings. The number of aryl methyl sites for hydroxylation is 2. The van der Waals surface area contributed by atoms with Crippen molar-refractivity contribution in [2.45, 2.75) is 40.2 Å². The molecule has 0 saturated heterocycles. The van der Waals surface area contributed by atoms with Crippen LogP contribution in [0.3, 0.4) is 0 Å². The van der Waals surface area contributed by atoms with Crippen LogP contribution in [0.4, 0.5) is 0 Å². The summed E-state index contributed by atoms with van der Waals surface area (Å²) in [5, 5.41) is 2.94. The van der Waals surface area contributed by atoms with Crippen LogP contribution in [0.5, 0.6) is 0 Å². The SMILES string of the molecule is COC(=O)[C@@H](CC(C)C)NCC(=O)c1cc(C)c(C)o1. The number of methoxy groups -OCH3 is 1. The normalized spacial score (nSPS) is 12.5. The molecule has 1 heterocycles. The van der Waals surface area contributed by atoms with E-state index in [9.17, 15) is 9.59 Å². The predicted octanol–water partition coefficient (Wildman–Crippen LogP) is 2.26. The molecule has 0 unspecified atom stereocenters. The van der Waals surface area contributed by atoms with Crippen molar-refractivity contribution in [3.8, 4) is 0 Å². The fraction of sp³-hybridized carbons (Fsp3) is 0.600. The van der Waals surface area contributed by atoms with E-state index in [1.165, 1.54) is 7.11 Å². The summed E-state index contributed by atoms with van der Waals surface area (Å²) in [5.74, 6) is 0.868. The second-order valence-corrected chi connectivity index (χ2v) is 5.36. The quantitative estimate of drug-likeness (QED) is 0.613. The first-order valence-corrected chi connectivity index (χ1v) is 6.76. The smallest absolute Gasteiger partial charge is 0.322 e. The lowest BCUT2D eigenvalue weighted by Crippen LogP contribution is -2.41. The molecule has 0 radical (unpaired) electrons. The Bertz CT molecular complexity index is 457. The highest BCUT2D eigenvalue weighted by Gasteiger charge is 2.22. The highest BCUT2D eigenvalue weighted by molar-refractivity contribution is 5.95. The minimum absolute atomic E-state index is 0.0544. The number of ether oxygens (including phenoxy) is 1. The third kappa shape index (κ3) is 4.49. The Labute approximate surface area is 119 Å². The Kier molecular flexibility index (Phi) is 5.95. The van der Waals surface area contributed by atoms with E-state index in [0.29, 0.717) is 18.1 Å². The van der Waals surface area contributed by atoms with Gasteiger partial charge < -0.3 is 9.15 Å². The van der Waals surface area contributed by atoms with E-state index < -0.39 is 6.04 Å². The number of hydrogen-bond donors (Lipinski definition) is 1. The summed E-state index contributed by atoms with van der Waals surface area (Å²) in [5.41, 5.74) is 0.944. The van der Waals surface area contributed by atoms with Crippen LogP contribution >= 0.6 is 0 Å².